The summed E-state index contributed by atoms with van der Waals surface area (Å²) >= 11 is 5.79. The molecular formula is C14H16ClN3O3. The van der Waals surface area contributed by atoms with Crippen molar-refractivity contribution in [2.75, 3.05) is 6.54 Å². The van der Waals surface area contributed by atoms with Gasteiger partial charge in [-0.25, -0.2) is 4.79 Å². The van der Waals surface area contributed by atoms with Crippen molar-refractivity contribution >= 4 is 29.4 Å². The maximum absolute atomic E-state index is 11.7. The molecule has 112 valence electrons. The van der Waals surface area contributed by atoms with Crippen LogP contribution in [0.1, 0.15) is 18.4 Å². The molecule has 1 unspecified atom stereocenters. The molecule has 0 aromatic heterocycles. The Morgan fingerprint density at radius 3 is 2.57 bits per heavy atom. The third-order valence-electron chi connectivity index (χ3n) is 3.17. The van der Waals surface area contributed by atoms with Crippen LogP contribution in [0.2, 0.25) is 5.02 Å². The molecule has 1 aromatic carbocycles. The summed E-state index contributed by atoms with van der Waals surface area (Å²) in [5, 5.41) is 8.04. The molecule has 21 heavy (non-hydrogen) atoms. The van der Waals surface area contributed by atoms with E-state index in [9.17, 15) is 14.4 Å². The van der Waals surface area contributed by atoms with E-state index in [1.807, 2.05) is 12.1 Å². The van der Waals surface area contributed by atoms with Gasteiger partial charge < -0.3 is 10.6 Å². The Morgan fingerprint density at radius 2 is 1.95 bits per heavy atom. The SMILES string of the molecule is O=C(CCC1NC(=O)NC1=O)NCCc1ccc(Cl)cc1. The number of benzene rings is 1. The fourth-order valence-corrected chi connectivity index (χ4v) is 2.15. The number of hydrogen-bond donors (Lipinski definition) is 3. The molecule has 3 N–H and O–H groups in total. The molecule has 0 spiro atoms. The van der Waals surface area contributed by atoms with E-state index in [1.54, 1.807) is 12.1 Å². The predicted octanol–water partition coefficient (Wildman–Crippen LogP) is 0.987. The lowest BCUT2D eigenvalue weighted by Gasteiger charge is -2.08. The fraction of sp³-hybridized carbons (Fsp3) is 0.357. The standard InChI is InChI=1S/C14H16ClN3O3/c15-10-3-1-9(2-4-10)7-8-16-12(19)6-5-11-13(20)18-14(21)17-11/h1-4,11H,5-8H2,(H,16,19)(H2,17,18,20,21). The van der Waals surface area contributed by atoms with Gasteiger partial charge in [0.15, 0.2) is 0 Å². The van der Waals surface area contributed by atoms with E-state index < -0.39 is 12.1 Å². The Morgan fingerprint density at radius 1 is 1.24 bits per heavy atom. The summed E-state index contributed by atoms with van der Waals surface area (Å²) in [7, 11) is 0. The zero-order valence-corrected chi connectivity index (χ0v) is 12.1. The van der Waals surface area contributed by atoms with Crippen molar-refractivity contribution in [3.63, 3.8) is 0 Å². The van der Waals surface area contributed by atoms with Crippen LogP contribution in [0.25, 0.3) is 0 Å². The van der Waals surface area contributed by atoms with Crippen molar-refractivity contribution in [1.82, 2.24) is 16.0 Å². The summed E-state index contributed by atoms with van der Waals surface area (Å²) in [5.74, 6) is -0.521. The van der Waals surface area contributed by atoms with Crippen molar-refractivity contribution in [1.29, 1.82) is 0 Å². The highest BCUT2D eigenvalue weighted by Gasteiger charge is 2.29. The molecule has 1 fully saturated rings. The summed E-state index contributed by atoms with van der Waals surface area (Å²) in [4.78, 5) is 33.9. The Hall–Kier alpha value is -2.08. The zero-order chi connectivity index (χ0) is 15.2. The quantitative estimate of drug-likeness (QED) is 0.685. The minimum Gasteiger partial charge on any atom is -0.356 e. The van der Waals surface area contributed by atoms with Crippen molar-refractivity contribution in [3.8, 4) is 0 Å². The van der Waals surface area contributed by atoms with Gasteiger partial charge in [-0.15, -0.1) is 0 Å². The first-order valence-electron chi connectivity index (χ1n) is 6.67. The van der Waals surface area contributed by atoms with Gasteiger partial charge in [0.25, 0.3) is 5.91 Å². The summed E-state index contributed by atoms with van der Waals surface area (Å²) in [6.45, 7) is 0.518. The molecule has 1 saturated heterocycles. The average Bonchev–Trinajstić information content (AvgIpc) is 2.77. The number of amides is 4. The number of hydrogen-bond acceptors (Lipinski definition) is 3. The van der Waals surface area contributed by atoms with Crippen LogP contribution >= 0.6 is 11.6 Å². The molecule has 0 aliphatic carbocycles. The van der Waals surface area contributed by atoms with Crippen LogP contribution in [0.15, 0.2) is 24.3 Å². The molecule has 0 bridgehead atoms. The second-order valence-electron chi connectivity index (χ2n) is 4.78. The molecule has 1 heterocycles. The molecular weight excluding hydrogens is 294 g/mol. The summed E-state index contributed by atoms with van der Waals surface area (Å²) in [6.07, 6.45) is 1.20. The number of imide groups is 1. The van der Waals surface area contributed by atoms with Gasteiger partial charge in [0.1, 0.15) is 6.04 Å². The molecule has 1 aliphatic heterocycles. The van der Waals surface area contributed by atoms with E-state index in [0.29, 0.717) is 24.4 Å². The van der Waals surface area contributed by atoms with Crippen LogP contribution in [0.5, 0.6) is 0 Å². The van der Waals surface area contributed by atoms with Gasteiger partial charge in [-0.1, -0.05) is 23.7 Å². The molecule has 4 amide bonds. The van der Waals surface area contributed by atoms with Crippen LogP contribution in [0.4, 0.5) is 4.79 Å². The first kappa shape index (κ1) is 15.3. The molecule has 1 aromatic rings. The normalized spacial score (nSPS) is 17.3. The summed E-state index contributed by atoms with van der Waals surface area (Å²) in [5.41, 5.74) is 1.09. The van der Waals surface area contributed by atoms with Crippen LogP contribution in [0, 0.1) is 0 Å². The van der Waals surface area contributed by atoms with Crippen LogP contribution in [-0.2, 0) is 16.0 Å². The highest BCUT2D eigenvalue weighted by Crippen LogP contribution is 2.09. The average molecular weight is 310 g/mol. The van der Waals surface area contributed by atoms with Gasteiger partial charge in [0.2, 0.25) is 5.91 Å². The Bertz CT molecular complexity index is 545. The molecule has 1 aliphatic rings. The minimum atomic E-state index is -0.612. The van der Waals surface area contributed by atoms with E-state index >= 15 is 0 Å². The van der Waals surface area contributed by atoms with Crippen molar-refractivity contribution < 1.29 is 14.4 Å². The zero-order valence-electron chi connectivity index (χ0n) is 11.3. The third-order valence-corrected chi connectivity index (χ3v) is 3.42. The van der Waals surface area contributed by atoms with Gasteiger partial charge in [-0.05, 0) is 30.5 Å². The third kappa shape index (κ3) is 4.75. The van der Waals surface area contributed by atoms with Gasteiger partial charge in [0, 0.05) is 18.0 Å². The number of halogens is 1. The summed E-state index contributed by atoms with van der Waals surface area (Å²) < 4.78 is 0. The molecule has 1 atom stereocenters. The topological polar surface area (TPSA) is 87.3 Å². The number of nitrogens with one attached hydrogen (secondary N) is 3. The fourth-order valence-electron chi connectivity index (χ4n) is 2.02. The van der Waals surface area contributed by atoms with Gasteiger partial charge >= 0.3 is 6.03 Å². The lowest BCUT2D eigenvalue weighted by atomic mass is 10.1. The monoisotopic (exact) mass is 309 g/mol. The molecule has 0 saturated carbocycles. The van der Waals surface area contributed by atoms with E-state index in [1.165, 1.54) is 0 Å². The molecule has 6 nitrogen and oxygen atoms in total. The number of urea groups is 1. The first-order chi connectivity index (χ1) is 10.0. The highest BCUT2D eigenvalue weighted by atomic mass is 35.5. The largest absolute Gasteiger partial charge is 0.356 e. The van der Waals surface area contributed by atoms with Crippen LogP contribution < -0.4 is 16.0 Å². The van der Waals surface area contributed by atoms with Gasteiger partial charge in [-0.2, -0.15) is 0 Å². The lowest BCUT2D eigenvalue weighted by molar-refractivity contribution is -0.122. The van der Waals surface area contributed by atoms with Crippen LogP contribution in [-0.4, -0.2) is 30.4 Å². The predicted molar refractivity (Wildman–Crippen MR) is 77.9 cm³/mol. The van der Waals surface area contributed by atoms with E-state index in [-0.39, 0.29) is 18.2 Å². The smallest absolute Gasteiger partial charge is 0.322 e. The first-order valence-corrected chi connectivity index (χ1v) is 7.05. The second kappa shape index (κ2) is 7.08. The molecule has 7 heteroatoms. The Labute approximate surface area is 127 Å². The van der Waals surface area contributed by atoms with Crippen molar-refractivity contribution in [3.05, 3.63) is 34.9 Å². The van der Waals surface area contributed by atoms with Gasteiger partial charge in [-0.3, -0.25) is 14.9 Å². The maximum atomic E-state index is 11.7. The molecule has 0 radical (unpaired) electrons. The Kier molecular flexibility index (Phi) is 5.16. The number of rotatable bonds is 6. The van der Waals surface area contributed by atoms with Crippen LogP contribution in [0.3, 0.4) is 0 Å². The van der Waals surface area contributed by atoms with E-state index in [2.05, 4.69) is 16.0 Å². The van der Waals surface area contributed by atoms with E-state index in [4.69, 9.17) is 11.6 Å². The maximum Gasteiger partial charge on any atom is 0.322 e. The second-order valence-corrected chi connectivity index (χ2v) is 5.22. The van der Waals surface area contributed by atoms with E-state index in [0.717, 1.165) is 5.56 Å². The number of carbonyl (C=O) groups is 3. The number of carbonyl (C=O) groups excluding carboxylic acids is 3. The summed E-state index contributed by atoms with van der Waals surface area (Å²) in [6, 6.07) is 6.31. The lowest BCUT2D eigenvalue weighted by Crippen LogP contribution is -2.32. The van der Waals surface area contributed by atoms with Crippen molar-refractivity contribution in [2.45, 2.75) is 25.3 Å². The minimum absolute atomic E-state index is 0.141. The van der Waals surface area contributed by atoms with Crippen molar-refractivity contribution in [2.24, 2.45) is 0 Å². The van der Waals surface area contributed by atoms with Gasteiger partial charge in [0.05, 0.1) is 0 Å². The Balaban J connectivity index is 1.65. The highest BCUT2D eigenvalue weighted by molar-refractivity contribution is 6.30. The molecule has 2 rings (SSSR count).